The average molecular weight is 636 g/mol. The van der Waals surface area contributed by atoms with Gasteiger partial charge in [-0.2, -0.15) is 13.2 Å². The molecule has 0 amide bonds. The molecule has 44 heavy (non-hydrogen) atoms. The topological polar surface area (TPSA) is 68.0 Å². The highest BCUT2D eigenvalue weighted by Crippen LogP contribution is 2.45. The van der Waals surface area contributed by atoms with Gasteiger partial charge in [0.2, 0.25) is 0 Å². The predicted octanol–water partition coefficient (Wildman–Crippen LogP) is 9.25. The van der Waals surface area contributed by atoms with Crippen LogP contribution in [0.1, 0.15) is 49.2 Å². The van der Waals surface area contributed by atoms with Crippen LogP contribution in [0.25, 0.3) is 22.2 Å². The highest BCUT2D eigenvalue weighted by Gasteiger charge is 2.32. The van der Waals surface area contributed by atoms with Crippen LogP contribution in [0.4, 0.5) is 13.2 Å². The summed E-state index contributed by atoms with van der Waals surface area (Å²) in [6, 6.07) is 21.6. The molecule has 0 bridgehead atoms. The van der Waals surface area contributed by atoms with Crippen molar-refractivity contribution in [1.82, 2.24) is 14.5 Å². The summed E-state index contributed by atoms with van der Waals surface area (Å²) in [5.41, 5.74) is 3.75. The van der Waals surface area contributed by atoms with Gasteiger partial charge >= 0.3 is 12.1 Å². The molecule has 1 unspecified atom stereocenters. The van der Waals surface area contributed by atoms with Crippen LogP contribution in [0.2, 0.25) is 0 Å². The third-order valence-corrected chi connectivity index (χ3v) is 9.37. The van der Waals surface area contributed by atoms with Crippen molar-refractivity contribution in [3.05, 3.63) is 108 Å². The Morgan fingerprint density at radius 3 is 2.32 bits per heavy atom. The zero-order valence-electron chi connectivity index (χ0n) is 24.7. The molecule has 5 aromatic rings. The predicted molar refractivity (Wildman–Crippen MR) is 171 cm³/mol. The monoisotopic (exact) mass is 635 g/mol. The first-order chi connectivity index (χ1) is 20.8. The fourth-order valence-corrected chi connectivity index (χ4v) is 7.15. The highest BCUT2D eigenvalue weighted by molar-refractivity contribution is 8.01. The number of carbonyl (C=O) groups is 1. The van der Waals surface area contributed by atoms with Crippen LogP contribution in [0.15, 0.2) is 95.0 Å². The van der Waals surface area contributed by atoms with Crippen LogP contribution in [0.5, 0.6) is 0 Å². The van der Waals surface area contributed by atoms with Gasteiger partial charge in [-0.3, -0.25) is 14.8 Å². The number of thioether (sulfide) groups is 2. The Labute approximate surface area is 262 Å². The minimum Gasteiger partial charge on any atom is -0.481 e. The van der Waals surface area contributed by atoms with Crippen molar-refractivity contribution in [2.75, 3.05) is 0 Å². The fraction of sp³-hybridized carbons (Fsp3) is 0.265. The number of carboxylic acid groups (broad SMARTS) is 1. The van der Waals surface area contributed by atoms with E-state index in [4.69, 9.17) is 0 Å². The van der Waals surface area contributed by atoms with E-state index in [0.717, 1.165) is 55.7 Å². The summed E-state index contributed by atoms with van der Waals surface area (Å²) in [7, 11) is 1.92. The van der Waals surface area contributed by atoms with Gasteiger partial charge in [0.25, 0.3) is 0 Å². The number of hydrogen-bond acceptors (Lipinski definition) is 5. The molecule has 0 aliphatic rings. The summed E-state index contributed by atoms with van der Waals surface area (Å²) in [5.74, 6) is -1.02. The molecule has 3 heterocycles. The van der Waals surface area contributed by atoms with E-state index in [1.807, 2.05) is 41.9 Å². The van der Waals surface area contributed by atoms with Crippen LogP contribution < -0.4 is 0 Å². The fourth-order valence-electron chi connectivity index (χ4n) is 5.03. The molecule has 10 heteroatoms. The maximum absolute atomic E-state index is 12.9. The van der Waals surface area contributed by atoms with Crippen molar-refractivity contribution < 1.29 is 23.1 Å². The number of aliphatic carboxylic acids is 1. The Bertz CT molecular complexity index is 1760. The molecule has 0 aliphatic heterocycles. The lowest BCUT2D eigenvalue weighted by Crippen LogP contribution is -2.19. The number of pyridine rings is 2. The molecule has 2 aromatic carbocycles. The molecule has 3 aromatic heterocycles. The lowest BCUT2D eigenvalue weighted by molar-refractivity contribution is -0.139. The molecule has 5 rings (SSSR count). The molecule has 0 fully saturated rings. The van der Waals surface area contributed by atoms with Gasteiger partial charge in [0.1, 0.15) is 5.92 Å². The molecule has 0 saturated heterocycles. The maximum Gasteiger partial charge on any atom is 0.417 e. The molecule has 1 N–H and O–H groups in total. The van der Waals surface area contributed by atoms with Crippen LogP contribution in [-0.2, 0) is 30.2 Å². The van der Waals surface area contributed by atoms with Gasteiger partial charge in [0.15, 0.2) is 0 Å². The number of hydrogen-bond donors (Lipinski definition) is 1. The van der Waals surface area contributed by atoms with Crippen LogP contribution >= 0.6 is 23.5 Å². The van der Waals surface area contributed by atoms with Crippen LogP contribution in [0.3, 0.4) is 0 Å². The molecular formula is C34H32F3N3O2S2. The highest BCUT2D eigenvalue weighted by atomic mass is 32.2. The Kier molecular flexibility index (Phi) is 9.13. The van der Waals surface area contributed by atoms with E-state index in [0.29, 0.717) is 11.3 Å². The van der Waals surface area contributed by atoms with Crippen molar-refractivity contribution in [2.24, 2.45) is 7.05 Å². The first-order valence-corrected chi connectivity index (χ1v) is 15.8. The quantitative estimate of drug-likeness (QED) is 0.163. The largest absolute Gasteiger partial charge is 0.481 e. The van der Waals surface area contributed by atoms with Crippen molar-refractivity contribution in [1.29, 1.82) is 0 Å². The van der Waals surface area contributed by atoms with E-state index < -0.39 is 23.6 Å². The third-order valence-electron chi connectivity index (χ3n) is 7.10. The molecule has 1 atom stereocenters. The maximum atomic E-state index is 12.9. The zero-order chi connectivity index (χ0) is 31.6. The molecule has 5 nitrogen and oxygen atoms in total. The molecule has 0 saturated carbocycles. The summed E-state index contributed by atoms with van der Waals surface area (Å²) in [6.07, 6.45) is -1.60. The van der Waals surface area contributed by atoms with Gasteiger partial charge in [-0.15, -0.1) is 23.5 Å². The van der Waals surface area contributed by atoms with Crippen LogP contribution in [-0.4, -0.2) is 30.4 Å². The van der Waals surface area contributed by atoms with E-state index in [1.54, 1.807) is 41.9 Å². The first-order valence-electron chi connectivity index (χ1n) is 14.0. The summed E-state index contributed by atoms with van der Waals surface area (Å²) in [5, 5.41) is 11.5. The van der Waals surface area contributed by atoms with Crippen molar-refractivity contribution in [2.45, 2.75) is 59.6 Å². The molecule has 0 aliphatic carbocycles. The summed E-state index contributed by atoms with van der Waals surface area (Å²) >= 11 is 3.36. The number of fused-ring (bicyclic) bond motifs is 1. The number of halogens is 3. The van der Waals surface area contributed by atoms with Gasteiger partial charge in [-0.1, -0.05) is 51.1 Å². The van der Waals surface area contributed by atoms with E-state index in [9.17, 15) is 23.1 Å². The summed E-state index contributed by atoms with van der Waals surface area (Å²) in [4.78, 5) is 23.3. The molecule has 0 radical (unpaired) electrons. The number of carboxylic acids is 1. The van der Waals surface area contributed by atoms with Crippen molar-refractivity contribution in [3.8, 4) is 11.3 Å². The summed E-state index contributed by atoms with van der Waals surface area (Å²) in [6.45, 7) is 6.34. The molecular weight excluding hydrogens is 604 g/mol. The normalized spacial score (nSPS) is 12.9. The third kappa shape index (κ3) is 7.30. The SMILES string of the molecule is Cn1c(C(Cc2ccc(-c3ccc(C(F)(F)F)cn3)cc2)C(=O)O)c(SC(C)(C)C)c2cc(SCc3ccccn3)ccc21. The van der Waals surface area contributed by atoms with E-state index in [1.165, 1.54) is 6.07 Å². The first kappa shape index (κ1) is 31.7. The van der Waals surface area contributed by atoms with Crippen LogP contribution in [0, 0.1) is 0 Å². The summed E-state index contributed by atoms with van der Waals surface area (Å²) < 4.78 is 40.7. The lowest BCUT2D eigenvalue weighted by Gasteiger charge is -2.22. The number of nitrogens with zero attached hydrogens (tertiary/aromatic N) is 3. The number of rotatable bonds is 9. The lowest BCUT2D eigenvalue weighted by atomic mass is 9.95. The van der Waals surface area contributed by atoms with Gasteiger partial charge in [-0.05, 0) is 54.4 Å². The van der Waals surface area contributed by atoms with Gasteiger partial charge in [0.05, 0.1) is 17.0 Å². The zero-order valence-corrected chi connectivity index (χ0v) is 26.4. The second-order valence-corrected chi connectivity index (χ2v) is 14.4. The minimum absolute atomic E-state index is 0.167. The molecule has 228 valence electrons. The number of aryl methyl sites for hydroxylation is 1. The van der Waals surface area contributed by atoms with E-state index in [-0.39, 0.29) is 11.2 Å². The second kappa shape index (κ2) is 12.7. The number of alkyl halides is 3. The Hall–Kier alpha value is -3.76. The average Bonchev–Trinajstić information content (AvgIpc) is 3.24. The van der Waals surface area contributed by atoms with E-state index >= 15 is 0 Å². The van der Waals surface area contributed by atoms with Gasteiger partial charge in [-0.25, -0.2) is 0 Å². The van der Waals surface area contributed by atoms with Crippen molar-refractivity contribution >= 4 is 40.4 Å². The Balaban J connectivity index is 1.47. The number of aromatic nitrogens is 3. The standard InChI is InChI=1S/C34H32F3N3O2S2/c1-33(2,3)44-31-26-18-25(43-20-24-7-5-6-16-38-24)13-15-29(26)40(4)30(31)27(32(41)42)17-21-8-10-22(11-9-21)28-14-12-23(19-39-28)34(35,36)37/h5-16,18-19,27H,17,20H2,1-4H3,(H,41,42). The van der Waals surface area contributed by atoms with Gasteiger partial charge < -0.3 is 9.67 Å². The van der Waals surface area contributed by atoms with E-state index in [2.05, 4.69) is 48.9 Å². The smallest absolute Gasteiger partial charge is 0.417 e. The second-order valence-electron chi connectivity index (χ2n) is 11.5. The number of benzene rings is 2. The Morgan fingerprint density at radius 2 is 1.73 bits per heavy atom. The Morgan fingerprint density at radius 1 is 0.977 bits per heavy atom. The minimum atomic E-state index is -4.45. The van der Waals surface area contributed by atoms with Gasteiger partial charge in [0, 0.05) is 61.9 Å². The van der Waals surface area contributed by atoms with Crippen molar-refractivity contribution in [3.63, 3.8) is 0 Å². The molecule has 0 spiro atoms.